The number of sulfonamides is 1. The normalized spacial score (nSPS) is 17.0. The largest absolute Gasteiger partial charge is 0.312 e. The minimum Gasteiger partial charge on any atom is -0.312 e. The third-order valence-electron chi connectivity index (χ3n) is 5.17. The van der Waals surface area contributed by atoms with Gasteiger partial charge in [-0.3, -0.25) is 9.78 Å². The second-order valence-corrected chi connectivity index (χ2v) is 8.61. The summed E-state index contributed by atoms with van der Waals surface area (Å²) in [5.41, 5.74) is 2.57. The van der Waals surface area contributed by atoms with Gasteiger partial charge in [0.1, 0.15) is 0 Å². The molecule has 2 aromatic rings. The van der Waals surface area contributed by atoms with Crippen LogP contribution >= 0.6 is 0 Å². The number of carbonyl (C=O) groups excluding carboxylic acids is 1. The molecule has 1 fully saturated rings. The fourth-order valence-corrected chi connectivity index (χ4v) is 4.48. The Labute approximate surface area is 153 Å². The summed E-state index contributed by atoms with van der Waals surface area (Å²) in [5, 5.41) is 0. The highest BCUT2D eigenvalue weighted by molar-refractivity contribution is 7.89. The predicted octanol–water partition coefficient (Wildman–Crippen LogP) is 2.25. The second kappa shape index (κ2) is 6.81. The minimum atomic E-state index is -3.61. The summed E-state index contributed by atoms with van der Waals surface area (Å²) >= 11 is 0. The first-order valence-corrected chi connectivity index (χ1v) is 10.4. The van der Waals surface area contributed by atoms with E-state index in [0.29, 0.717) is 13.0 Å². The molecule has 1 aliphatic heterocycles. The Morgan fingerprint density at radius 3 is 2.81 bits per heavy atom. The number of hydrogen-bond acceptors (Lipinski definition) is 4. The second-order valence-electron chi connectivity index (χ2n) is 6.84. The standard InChI is InChI=1S/C19H21N3O3S/c23-19(15-4-1-5-15)22-10-8-16-11-17(6-7-18(16)22)26(24,25)21-13-14-3-2-9-20-12-14/h2-3,6-7,9,11-12,15,21H,1,4-5,8,10,13H2. The summed E-state index contributed by atoms with van der Waals surface area (Å²) in [6.45, 7) is 0.830. The SMILES string of the molecule is O=C(C1CCC1)N1CCc2cc(S(=O)(=O)NCc3cccnc3)ccc21. The van der Waals surface area contributed by atoms with Gasteiger partial charge < -0.3 is 4.90 Å². The number of anilines is 1. The summed E-state index contributed by atoms with van der Waals surface area (Å²) in [7, 11) is -3.61. The van der Waals surface area contributed by atoms with Gasteiger partial charge >= 0.3 is 0 Å². The fraction of sp³-hybridized carbons (Fsp3) is 0.368. The molecule has 0 atom stereocenters. The van der Waals surface area contributed by atoms with E-state index in [1.165, 1.54) is 0 Å². The number of amides is 1. The van der Waals surface area contributed by atoms with Gasteiger partial charge in [-0.15, -0.1) is 0 Å². The zero-order chi connectivity index (χ0) is 18.1. The average Bonchev–Trinajstić information content (AvgIpc) is 3.03. The number of aromatic nitrogens is 1. The number of fused-ring (bicyclic) bond motifs is 1. The summed E-state index contributed by atoms with van der Waals surface area (Å²) in [6.07, 6.45) is 7.03. The van der Waals surface area contributed by atoms with Crippen molar-refractivity contribution >= 4 is 21.6 Å². The lowest BCUT2D eigenvalue weighted by Gasteiger charge is -2.29. The summed E-state index contributed by atoms with van der Waals surface area (Å²) in [5.74, 6) is 0.325. The van der Waals surface area contributed by atoms with Crippen LogP contribution in [0.4, 0.5) is 5.69 Å². The Balaban J connectivity index is 1.51. The maximum Gasteiger partial charge on any atom is 0.240 e. The van der Waals surface area contributed by atoms with Crippen molar-refractivity contribution in [3.8, 4) is 0 Å². The van der Waals surface area contributed by atoms with E-state index in [-0.39, 0.29) is 23.3 Å². The number of carbonyl (C=O) groups is 1. The van der Waals surface area contributed by atoms with Crippen molar-refractivity contribution in [2.75, 3.05) is 11.4 Å². The molecule has 7 heteroatoms. The highest BCUT2D eigenvalue weighted by Crippen LogP contribution is 2.35. The minimum absolute atomic E-state index is 0.144. The van der Waals surface area contributed by atoms with Crippen LogP contribution in [0.15, 0.2) is 47.6 Å². The Morgan fingerprint density at radius 1 is 1.27 bits per heavy atom. The zero-order valence-corrected chi connectivity index (χ0v) is 15.2. The van der Waals surface area contributed by atoms with Crippen molar-refractivity contribution in [2.24, 2.45) is 5.92 Å². The molecule has 1 amide bonds. The van der Waals surface area contributed by atoms with E-state index in [1.54, 1.807) is 36.7 Å². The summed E-state index contributed by atoms with van der Waals surface area (Å²) < 4.78 is 27.7. The lowest BCUT2D eigenvalue weighted by Crippen LogP contribution is -2.37. The van der Waals surface area contributed by atoms with Crippen LogP contribution in [0, 0.1) is 5.92 Å². The van der Waals surface area contributed by atoms with Crippen molar-refractivity contribution in [3.05, 3.63) is 53.9 Å². The number of nitrogens with one attached hydrogen (secondary N) is 1. The van der Waals surface area contributed by atoms with E-state index in [1.807, 2.05) is 11.0 Å². The average molecular weight is 371 g/mol. The topological polar surface area (TPSA) is 79.4 Å². The molecule has 0 radical (unpaired) electrons. The van der Waals surface area contributed by atoms with Gasteiger partial charge in [0.05, 0.1) is 4.90 Å². The molecular weight excluding hydrogens is 350 g/mol. The van der Waals surface area contributed by atoms with Crippen LogP contribution in [0.25, 0.3) is 0 Å². The fourth-order valence-electron chi connectivity index (χ4n) is 3.41. The third-order valence-corrected chi connectivity index (χ3v) is 6.57. The van der Waals surface area contributed by atoms with Gasteiger partial charge in [0.2, 0.25) is 15.9 Å². The third kappa shape index (κ3) is 3.24. The number of rotatable bonds is 5. The van der Waals surface area contributed by atoms with Gasteiger partial charge in [0, 0.05) is 37.1 Å². The molecule has 0 unspecified atom stereocenters. The molecule has 1 aromatic heterocycles. The molecule has 0 bridgehead atoms. The van der Waals surface area contributed by atoms with E-state index in [0.717, 1.165) is 36.1 Å². The van der Waals surface area contributed by atoms with E-state index in [2.05, 4.69) is 9.71 Å². The van der Waals surface area contributed by atoms with Gasteiger partial charge in [-0.1, -0.05) is 12.5 Å². The molecule has 4 rings (SSSR count). The van der Waals surface area contributed by atoms with Crippen molar-refractivity contribution in [2.45, 2.75) is 37.1 Å². The molecule has 2 heterocycles. The van der Waals surface area contributed by atoms with Gasteiger partial charge in [0.25, 0.3) is 0 Å². The number of benzene rings is 1. The highest BCUT2D eigenvalue weighted by Gasteiger charge is 2.33. The van der Waals surface area contributed by atoms with Crippen LogP contribution in [-0.2, 0) is 27.8 Å². The Morgan fingerprint density at radius 2 is 2.12 bits per heavy atom. The molecule has 26 heavy (non-hydrogen) atoms. The van der Waals surface area contributed by atoms with Crippen LogP contribution in [0.5, 0.6) is 0 Å². The molecule has 1 aliphatic carbocycles. The van der Waals surface area contributed by atoms with Crippen LogP contribution in [-0.4, -0.2) is 25.9 Å². The molecule has 6 nitrogen and oxygen atoms in total. The van der Waals surface area contributed by atoms with Gasteiger partial charge in [-0.25, -0.2) is 13.1 Å². The molecule has 1 N–H and O–H groups in total. The highest BCUT2D eigenvalue weighted by atomic mass is 32.2. The quantitative estimate of drug-likeness (QED) is 0.874. The smallest absolute Gasteiger partial charge is 0.240 e. The van der Waals surface area contributed by atoms with E-state index in [4.69, 9.17) is 0 Å². The van der Waals surface area contributed by atoms with E-state index >= 15 is 0 Å². The lowest BCUT2D eigenvalue weighted by atomic mass is 9.84. The molecular formula is C19H21N3O3S. The molecule has 0 spiro atoms. The van der Waals surface area contributed by atoms with Crippen LogP contribution in [0.3, 0.4) is 0 Å². The number of pyridine rings is 1. The van der Waals surface area contributed by atoms with E-state index in [9.17, 15) is 13.2 Å². The summed E-state index contributed by atoms with van der Waals surface area (Å²) in [4.78, 5) is 18.6. The molecule has 1 saturated carbocycles. The first-order valence-electron chi connectivity index (χ1n) is 8.87. The monoisotopic (exact) mass is 371 g/mol. The van der Waals surface area contributed by atoms with Crippen LogP contribution < -0.4 is 9.62 Å². The molecule has 2 aliphatic rings. The van der Waals surface area contributed by atoms with E-state index < -0.39 is 10.0 Å². The van der Waals surface area contributed by atoms with Crippen LogP contribution in [0.1, 0.15) is 30.4 Å². The van der Waals surface area contributed by atoms with Gasteiger partial charge in [0.15, 0.2) is 0 Å². The lowest BCUT2D eigenvalue weighted by molar-refractivity contribution is -0.124. The Bertz CT molecular complexity index is 924. The molecule has 1 aromatic carbocycles. The first kappa shape index (κ1) is 17.2. The maximum atomic E-state index is 12.6. The molecule has 136 valence electrons. The Hall–Kier alpha value is -2.25. The number of nitrogens with zero attached hydrogens (tertiary/aromatic N) is 2. The van der Waals surface area contributed by atoms with Crippen molar-refractivity contribution in [1.82, 2.24) is 9.71 Å². The van der Waals surface area contributed by atoms with Crippen molar-refractivity contribution in [1.29, 1.82) is 0 Å². The Kier molecular flexibility index (Phi) is 4.50. The van der Waals surface area contributed by atoms with Crippen molar-refractivity contribution < 1.29 is 13.2 Å². The predicted molar refractivity (Wildman–Crippen MR) is 98.1 cm³/mol. The summed E-state index contributed by atoms with van der Waals surface area (Å²) in [6, 6.07) is 8.62. The van der Waals surface area contributed by atoms with Gasteiger partial charge in [-0.2, -0.15) is 0 Å². The first-order chi connectivity index (χ1) is 12.5. The van der Waals surface area contributed by atoms with Crippen molar-refractivity contribution in [3.63, 3.8) is 0 Å². The number of hydrogen-bond donors (Lipinski definition) is 1. The van der Waals surface area contributed by atoms with Gasteiger partial charge in [-0.05, 0) is 54.7 Å². The zero-order valence-electron chi connectivity index (χ0n) is 14.4. The van der Waals surface area contributed by atoms with Crippen LogP contribution in [0.2, 0.25) is 0 Å². The maximum absolute atomic E-state index is 12.6. The molecule has 0 saturated heterocycles.